The molecule has 10 heteroatoms. The summed E-state index contributed by atoms with van der Waals surface area (Å²) >= 11 is 0. The Morgan fingerprint density at radius 1 is 1.11 bits per heavy atom. The molecule has 28 heavy (non-hydrogen) atoms. The fourth-order valence-electron chi connectivity index (χ4n) is 2.97. The Morgan fingerprint density at radius 2 is 1.89 bits per heavy atom. The van der Waals surface area contributed by atoms with Crippen LogP contribution in [-0.2, 0) is 9.53 Å². The van der Waals surface area contributed by atoms with Crippen molar-refractivity contribution < 1.29 is 13.9 Å². The molecule has 2 N–H and O–H groups in total. The third-order valence-corrected chi connectivity index (χ3v) is 4.47. The van der Waals surface area contributed by atoms with Crippen molar-refractivity contribution in [1.29, 1.82) is 5.41 Å². The Bertz CT molecular complexity index is 909. The van der Waals surface area contributed by atoms with E-state index in [4.69, 9.17) is 10.1 Å². The Hall–Kier alpha value is -3.40. The predicted octanol–water partition coefficient (Wildman–Crippen LogP) is 1.21. The van der Waals surface area contributed by atoms with Gasteiger partial charge in [-0.15, -0.1) is 0 Å². The van der Waals surface area contributed by atoms with Crippen LogP contribution < -0.4 is 15.1 Å². The second-order valence-electron chi connectivity index (χ2n) is 6.27. The molecule has 1 amide bonds. The van der Waals surface area contributed by atoms with Gasteiger partial charge in [-0.25, -0.2) is 15.0 Å². The third kappa shape index (κ3) is 3.67. The molecule has 4 heterocycles. The zero-order valence-corrected chi connectivity index (χ0v) is 14.9. The smallest absolute Gasteiger partial charge is 0.263 e. The van der Waals surface area contributed by atoms with Crippen LogP contribution >= 0.6 is 0 Å². The van der Waals surface area contributed by atoms with Gasteiger partial charge in [0.05, 0.1) is 55.3 Å². The number of morpholine rings is 1. The summed E-state index contributed by atoms with van der Waals surface area (Å²) in [4.78, 5) is 27.8. The molecular formula is C18H18FN7O2. The quantitative estimate of drug-likeness (QED) is 0.764. The van der Waals surface area contributed by atoms with Crippen molar-refractivity contribution in [2.75, 3.05) is 48.0 Å². The van der Waals surface area contributed by atoms with Gasteiger partial charge in [0.1, 0.15) is 5.82 Å². The van der Waals surface area contributed by atoms with Crippen molar-refractivity contribution in [2.45, 2.75) is 0 Å². The fourth-order valence-corrected chi connectivity index (χ4v) is 2.97. The van der Waals surface area contributed by atoms with Crippen LogP contribution in [0.25, 0.3) is 0 Å². The van der Waals surface area contributed by atoms with Crippen molar-refractivity contribution in [1.82, 2.24) is 15.0 Å². The molecule has 0 bridgehead atoms. The van der Waals surface area contributed by atoms with E-state index < -0.39 is 11.9 Å². The number of rotatable bonds is 4. The zero-order chi connectivity index (χ0) is 19.5. The first-order valence-corrected chi connectivity index (χ1v) is 8.74. The molecule has 2 aliphatic rings. The Morgan fingerprint density at radius 3 is 2.57 bits per heavy atom. The lowest BCUT2D eigenvalue weighted by Crippen LogP contribution is -2.36. The van der Waals surface area contributed by atoms with E-state index in [0.29, 0.717) is 18.9 Å². The lowest BCUT2D eigenvalue weighted by Gasteiger charge is -2.27. The molecule has 2 saturated heterocycles. The van der Waals surface area contributed by atoms with Gasteiger partial charge in [-0.05, 0) is 12.1 Å². The monoisotopic (exact) mass is 383 g/mol. The molecule has 0 atom stereocenters. The number of nitrogens with one attached hydrogen (secondary N) is 2. The van der Waals surface area contributed by atoms with Gasteiger partial charge in [-0.1, -0.05) is 0 Å². The molecule has 2 aromatic rings. The number of carbonyl (C=O) groups is 1. The van der Waals surface area contributed by atoms with Crippen molar-refractivity contribution in [3.05, 3.63) is 48.4 Å². The summed E-state index contributed by atoms with van der Waals surface area (Å²) in [5, 5.41) is 11.1. The van der Waals surface area contributed by atoms with Crippen LogP contribution in [0.3, 0.4) is 0 Å². The average Bonchev–Trinajstić information content (AvgIpc) is 3.02. The normalized spacial score (nSPS) is 18.8. The number of hydrogen-bond acceptors (Lipinski definition) is 8. The Labute approximate surface area is 160 Å². The van der Waals surface area contributed by atoms with E-state index in [1.54, 1.807) is 6.20 Å². The SMILES string of the molecule is N=C1CN(c2cnc(F)cn2)C(=O)/C1=C/Nc1ccc(N2CCOCC2)nc1. The lowest BCUT2D eigenvalue weighted by molar-refractivity contribution is -0.114. The summed E-state index contributed by atoms with van der Waals surface area (Å²) in [5.41, 5.74) is 1.05. The van der Waals surface area contributed by atoms with E-state index in [-0.39, 0.29) is 23.6 Å². The number of halogens is 1. The highest BCUT2D eigenvalue weighted by atomic mass is 19.1. The van der Waals surface area contributed by atoms with Crippen molar-refractivity contribution in [3.63, 3.8) is 0 Å². The van der Waals surface area contributed by atoms with Crippen LogP contribution in [-0.4, -0.2) is 59.4 Å². The van der Waals surface area contributed by atoms with Gasteiger partial charge in [0.25, 0.3) is 5.91 Å². The molecule has 4 rings (SSSR count). The maximum Gasteiger partial charge on any atom is 0.263 e. The Balaban J connectivity index is 1.44. The first kappa shape index (κ1) is 18.0. The van der Waals surface area contributed by atoms with Crippen molar-refractivity contribution in [2.24, 2.45) is 0 Å². The number of hydrogen-bond donors (Lipinski definition) is 2. The number of nitrogens with zero attached hydrogens (tertiary/aromatic N) is 5. The molecule has 0 saturated carbocycles. The van der Waals surface area contributed by atoms with Crippen LogP contribution in [0.4, 0.5) is 21.7 Å². The number of anilines is 3. The highest BCUT2D eigenvalue weighted by molar-refractivity contribution is 6.32. The van der Waals surface area contributed by atoms with Gasteiger partial charge in [-0.3, -0.25) is 9.69 Å². The van der Waals surface area contributed by atoms with Gasteiger partial charge in [0.2, 0.25) is 5.95 Å². The standard InChI is InChI=1S/C18H18FN7O2/c19-15-9-24-17(10-22-15)26-11-14(20)13(18(26)27)8-21-12-1-2-16(23-7-12)25-3-5-28-6-4-25/h1-2,7-10,20-21H,3-6,11H2/b13-8+,20-14?. The van der Waals surface area contributed by atoms with Gasteiger partial charge in [0, 0.05) is 19.3 Å². The average molecular weight is 383 g/mol. The van der Waals surface area contributed by atoms with E-state index >= 15 is 0 Å². The lowest BCUT2D eigenvalue weighted by atomic mass is 10.2. The van der Waals surface area contributed by atoms with Crippen LogP contribution in [0.1, 0.15) is 0 Å². The molecule has 2 aliphatic heterocycles. The summed E-state index contributed by atoms with van der Waals surface area (Å²) in [6.07, 6.45) is 5.26. The van der Waals surface area contributed by atoms with Crippen molar-refractivity contribution in [3.8, 4) is 0 Å². The number of carbonyl (C=O) groups excluding carboxylic acids is 1. The maximum atomic E-state index is 12.9. The third-order valence-electron chi connectivity index (χ3n) is 4.47. The van der Waals surface area contributed by atoms with E-state index in [0.717, 1.165) is 25.1 Å². The molecule has 9 nitrogen and oxygen atoms in total. The highest BCUT2D eigenvalue weighted by Gasteiger charge is 2.32. The molecule has 0 aliphatic carbocycles. The van der Waals surface area contributed by atoms with Crippen molar-refractivity contribution >= 4 is 28.9 Å². The zero-order valence-electron chi connectivity index (χ0n) is 14.9. The van der Waals surface area contributed by atoms with E-state index in [2.05, 4.69) is 25.2 Å². The summed E-state index contributed by atoms with van der Waals surface area (Å²) in [7, 11) is 0. The molecule has 0 spiro atoms. The largest absolute Gasteiger partial charge is 0.378 e. The topological polar surface area (TPSA) is 107 Å². The fraction of sp³-hybridized carbons (Fsp3) is 0.278. The minimum atomic E-state index is -0.726. The number of amides is 1. The second kappa shape index (κ2) is 7.69. The number of ether oxygens (including phenoxy) is 1. The van der Waals surface area contributed by atoms with E-state index in [1.807, 2.05) is 12.1 Å². The van der Waals surface area contributed by atoms with Crippen LogP contribution in [0.15, 0.2) is 42.5 Å². The second-order valence-corrected chi connectivity index (χ2v) is 6.27. The molecule has 144 valence electrons. The van der Waals surface area contributed by atoms with E-state index in [1.165, 1.54) is 17.3 Å². The number of pyridine rings is 1. The molecule has 0 unspecified atom stereocenters. The van der Waals surface area contributed by atoms with E-state index in [9.17, 15) is 9.18 Å². The minimum absolute atomic E-state index is 0.0564. The molecule has 0 radical (unpaired) electrons. The molecule has 2 aromatic heterocycles. The van der Waals surface area contributed by atoms with Gasteiger partial charge in [-0.2, -0.15) is 4.39 Å². The van der Waals surface area contributed by atoms with Gasteiger partial charge >= 0.3 is 0 Å². The van der Waals surface area contributed by atoms with Gasteiger partial charge in [0.15, 0.2) is 5.82 Å². The summed E-state index contributed by atoms with van der Waals surface area (Å²) in [6, 6.07) is 3.76. The Kier molecular flexibility index (Phi) is 4.94. The van der Waals surface area contributed by atoms with Crippen LogP contribution in [0.5, 0.6) is 0 Å². The van der Waals surface area contributed by atoms with Crippen LogP contribution in [0, 0.1) is 11.4 Å². The molecular weight excluding hydrogens is 365 g/mol. The highest BCUT2D eigenvalue weighted by Crippen LogP contribution is 2.21. The van der Waals surface area contributed by atoms with Crippen LogP contribution in [0.2, 0.25) is 0 Å². The summed E-state index contributed by atoms with van der Waals surface area (Å²) < 4.78 is 18.3. The first-order valence-electron chi connectivity index (χ1n) is 8.74. The minimum Gasteiger partial charge on any atom is -0.378 e. The van der Waals surface area contributed by atoms with Gasteiger partial charge < -0.3 is 20.4 Å². The number of aromatic nitrogens is 3. The predicted molar refractivity (Wildman–Crippen MR) is 101 cm³/mol. The molecule has 0 aromatic carbocycles. The first-order chi connectivity index (χ1) is 13.6. The summed E-state index contributed by atoms with van der Waals surface area (Å²) in [5.74, 6) is -0.0458. The maximum absolute atomic E-state index is 12.9. The summed E-state index contributed by atoms with van der Waals surface area (Å²) in [6.45, 7) is 3.04. The molecule has 2 fully saturated rings.